The van der Waals surface area contributed by atoms with Gasteiger partial charge >= 0.3 is 23.9 Å². The van der Waals surface area contributed by atoms with Crippen molar-refractivity contribution in [3.05, 3.63) is 225 Å². The van der Waals surface area contributed by atoms with E-state index in [-0.39, 0.29) is 98.1 Å². The van der Waals surface area contributed by atoms with Crippen LogP contribution < -0.4 is 0 Å². The summed E-state index contributed by atoms with van der Waals surface area (Å²) in [5.41, 5.74) is 4.69. The number of imide groups is 3. The molecule has 20 heteroatoms. The van der Waals surface area contributed by atoms with Crippen LogP contribution in [0.2, 0.25) is 0 Å². The lowest BCUT2D eigenvalue weighted by Crippen LogP contribution is -2.43. The minimum absolute atomic E-state index is 0.211. The van der Waals surface area contributed by atoms with E-state index < -0.39 is 47.7 Å². The topological polar surface area (TPSA) is 217 Å². The SMILES string of the molecule is CCOC(=O)/C(C)=C/[C@H](Cc1ccc(F)cc1)N1C(=O)c2ccccc2C1=O.CCOC(=O)[C@@H](C)C[C@H](Cc1ccc(F)cc1)N1C(=O)c2ccccc2C1=O.CCOC(=O)[C@H](C)C[C@H](Cc1ccc(F)cc1)N1C(=O)c2ccccc2C1=O.CCOC(C)=O. The Morgan fingerprint density at radius 1 is 0.400 bits per heavy atom. The highest BCUT2D eigenvalue weighted by molar-refractivity contribution is 6.23. The fourth-order valence-corrected chi connectivity index (χ4v) is 10.4. The molecule has 90 heavy (non-hydrogen) atoms. The molecule has 0 aromatic heterocycles. The fraction of sp³-hybridized carbons (Fsp3) is 0.314. The molecule has 3 heterocycles. The Morgan fingerprint density at radius 2 is 0.678 bits per heavy atom. The highest BCUT2D eigenvalue weighted by Crippen LogP contribution is 2.32. The quantitative estimate of drug-likeness (QED) is 0.0283. The van der Waals surface area contributed by atoms with Crippen molar-refractivity contribution in [3.8, 4) is 0 Å². The van der Waals surface area contributed by atoms with E-state index in [0.29, 0.717) is 58.4 Å². The molecule has 9 rings (SSSR count). The maximum absolute atomic E-state index is 13.2. The summed E-state index contributed by atoms with van der Waals surface area (Å²) >= 11 is 0. The van der Waals surface area contributed by atoms with Crippen LogP contribution >= 0.6 is 0 Å². The standard InChI is InChI=1S/2C22H22FNO4.C22H20FNO4.C4H8O2/c3*1-3-28-22(27)14(2)12-17(13-15-8-10-16(23)11-9-15)24-20(25)18-6-4-5-7-19(18)21(24)26;1-3-6-4(2)5/h2*4-11,14,17H,3,12-13H2,1-2H3;4-12,17H,3,13H2,1-2H3;3H2,1-2H3/b;;14-12+;/t14-,17+;14-,17-;17-;/m011./s1. The first kappa shape index (κ1) is 69.3. The number of halogens is 3. The normalized spacial score (nSPS) is 14.7. The van der Waals surface area contributed by atoms with Crippen LogP contribution in [-0.2, 0) is 57.4 Å². The van der Waals surface area contributed by atoms with E-state index in [1.165, 1.54) is 53.1 Å². The van der Waals surface area contributed by atoms with E-state index in [1.807, 2.05) is 0 Å². The molecule has 6 amide bonds. The van der Waals surface area contributed by atoms with E-state index in [2.05, 4.69) is 4.74 Å². The van der Waals surface area contributed by atoms with Gasteiger partial charge < -0.3 is 18.9 Å². The zero-order chi connectivity index (χ0) is 65.8. The zero-order valence-electron chi connectivity index (χ0n) is 51.4. The number of nitrogens with zero attached hydrogens (tertiary/aromatic N) is 3. The van der Waals surface area contributed by atoms with Crippen molar-refractivity contribution in [1.29, 1.82) is 0 Å². The molecule has 472 valence electrons. The third kappa shape index (κ3) is 17.9. The number of esters is 4. The van der Waals surface area contributed by atoms with Crippen LogP contribution in [0.5, 0.6) is 0 Å². The molecule has 3 aliphatic heterocycles. The highest BCUT2D eigenvalue weighted by Gasteiger charge is 2.43. The van der Waals surface area contributed by atoms with E-state index in [1.54, 1.807) is 164 Å². The Morgan fingerprint density at radius 3 is 0.944 bits per heavy atom. The summed E-state index contributed by atoms with van der Waals surface area (Å²) in [6, 6.07) is 35.8. The van der Waals surface area contributed by atoms with Crippen molar-refractivity contribution < 1.29 is 80.1 Å². The second kappa shape index (κ2) is 32.9. The van der Waals surface area contributed by atoms with Gasteiger partial charge in [0.05, 0.1) is 77.7 Å². The van der Waals surface area contributed by atoms with Crippen LogP contribution in [0, 0.1) is 29.3 Å². The van der Waals surface area contributed by atoms with Gasteiger partial charge in [-0.05, 0) is 156 Å². The summed E-state index contributed by atoms with van der Waals surface area (Å²) in [5, 5.41) is 0. The molecule has 0 radical (unpaired) electrons. The average Bonchev–Trinajstić information content (AvgIpc) is 1.68. The molecule has 0 spiro atoms. The molecule has 0 fully saturated rings. The van der Waals surface area contributed by atoms with Crippen LogP contribution in [0.1, 0.15) is 147 Å². The molecule has 0 aliphatic carbocycles. The van der Waals surface area contributed by atoms with Crippen LogP contribution in [0.4, 0.5) is 13.2 Å². The number of benzene rings is 6. The van der Waals surface area contributed by atoms with Crippen molar-refractivity contribution in [3.63, 3.8) is 0 Å². The molecule has 0 unspecified atom stereocenters. The molecule has 0 bridgehead atoms. The number of fused-ring (bicyclic) bond motifs is 3. The van der Waals surface area contributed by atoms with Gasteiger partial charge in [0.15, 0.2) is 0 Å². The Kier molecular flexibility index (Phi) is 25.3. The lowest BCUT2D eigenvalue weighted by molar-refractivity contribution is -0.148. The predicted octanol–water partition coefficient (Wildman–Crippen LogP) is 11.4. The predicted molar refractivity (Wildman–Crippen MR) is 326 cm³/mol. The summed E-state index contributed by atoms with van der Waals surface area (Å²) in [7, 11) is 0. The summed E-state index contributed by atoms with van der Waals surface area (Å²) < 4.78 is 59.3. The number of hydrogen-bond donors (Lipinski definition) is 0. The van der Waals surface area contributed by atoms with Gasteiger partial charge in [0.2, 0.25) is 0 Å². The first-order valence-electron chi connectivity index (χ1n) is 29.5. The number of amides is 6. The Bertz CT molecular complexity index is 3360. The van der Waals surface area contributed by atoms with E-state index in [4.69, 9.17) is 14.2 Å². The Balaban J connectivity index is 0.000000205. The molecule has 3 aliphatic rings. The van der Waals surface area contributed by atoms with E-state index >= 15 is 0 Å². The molecular formula is C70H72F3N3O14. The Hall–Kier alpha value is -9.85. The number of ether oxygens (including phenoxy) is 4. The third-order valence-electron chi connectivity index (χ3n) is 14.7. The van der Waals surface area contributed by atoms with Gasteiger partial charge in [0.1, 0.15) is 17.5 Å². The van der Waals surface area contributed by atoms with Gasteiger partial charge in [0.25, 0.3) is 35.4 Å². The van der Waals surface area contributed by atoms with Crippen LogP contribution in [0.15, 0.2) is 157 Å². The maximum Gasteiger partial charge on any atom is 0.333 e. The first-order valence-corrected chi connectivity index (χ1v) is 29.5. The summed E-state index contributed by atoms with van der Waals surface area (Å²) in [5.74, 6) is -5.86. The minimum atomic E-state index is -0.706. The van der Waals surface area contributed by atoms with E-state index in [0.717, 1.165) is 21.6 Å². The zero-order valence-corrected chi connectivity index (χ0v) is 51.4. The van der Waals surface area contributed by atoms with Crippen molar-refractivity contribution in [2.75, 3.05) is 26.4 Å². The highest BCUT2D eigenvalue weighted by atomic mass is 19.1. The second-order valence-electron chi connectivity index (χ2n) is 21.2. The minimum Gasteiger partial charge on any atom is -0.466 e. The third-order valence-corrected chi connectivity index (χ3v) is 14.7. The number of carbonyl (C=O) groups excluding carboxylic acids is 10. The van der Waals surface area contributed by atoms with Crippen LogP contribution in [0.25, 0.3) is 0 Å². The summed E-state index contributed by atoms with van der Waals surface area (Å²) in [4.78, 5) is 127. The molecule has 17 nitrogen and oxygen atoms in total. The fourth-order valence-electron chi connectivity index (χ4n) is 10.4. The summed E-state index contributed by atoms with van der Waals surface area (Å²) in [6.45, 7) is 14.6. The number of rotatable bonds is 21. The van der Waals surface area contributed by atoms with Gasteiger partial charge in [-0.25, -0.2) is 18.0 Å². The molecule has 0 saturated heterocycles. The van der Waals surface area contributed by atoms with Crippen molar-refractivity contribution in [2.24, 2.45) is 11.8 Å². The van der Waals surface area contributed by atoms with E-state index in [9.17, 15) is 61.1 Å². The smallest absolute Gasteiger partial charge is 0.333 e. The molecule has 5 atom stereocenters. The van der Waals surface area contributed by atoms with Gasteiger partial charge in [-0.3, -0.25) is 57.9 Å². The molecule has 6 aromatic carbocycles. The second-order valence-corrected chi connectivity index (χ2v) is 21.2. The monoisotopic (exact) mass is 1240 g/mol. The average molecular weight is 1240 g/mol. The van der Waals surface area contributed by atoms with Crippen molar-refractivity contribution >= 4 is 59.3 Å². The molecular weight excluding hydrogens is 1160 g/mol. The summed E-state index contributed by atoms with van der Waals surface area (Å²) in [6.07, 6.45) is 3.00. The largest absolute Gasteiger partial charge is 0.466 e. The van der Waals surface area contributed by atoms with Gasteiger partial charge in [-0.2, -0.15) is 0 Å². The van der Waals surface area contributed by atoms with Gasteiger partial charge in [0, 0.05) is 24.6 Å². The van der Waals surface area contributed by atoms with Gasteiger partial charge in [-0.1, -0.05) is 92.7 Å². The Labute approximate surface area is 520 Å². The molecule has 6 aromatic rings. The van der Waals surface area contributed by atoms with Crippen molar-refractivity contribution in [2.45, 2.75) is 106 Å². The first-order chi connectivity index (χ1) is 43.0. The molecule has 0 N–H and O–H groups in total. The molecule has 0 saturated carbocycles. The van der Waals surface area contributed by atoms with Crippen LogP contribution in [0.3, 0.4) is 0 Å². The number of hydrogen-bond acceptors (Lipinski definition) is 14. The lowest BCUT2D eigenvalue weighted by Gasteiger charge is -2.28. The lowest BCUT2D eigenvalue weighted by atomic mass is 9.94. The maximum atomic E-state index is 13.2. The van der Waals surface area contributed by atoms with Crippen molar-refractivity contribution in [1.82, 2.24) is 14.7 Å². The van der Waals surface area contributed by atoms with Crippen LogP contribution in [-0.4, -0.2) is 119 Å². The van der Waals surface area contributed by atoms with Gasteiger partial charge in [-0.15, -0.1) is 0 Å². The number of carbonyl (C=O) groups is 10.